The monoisotopic (exact) mass is 218 g/mol. The minimum Gasteiger partial charge on any atom is -0.479 e. The number of aliphatic hydroxyl groups excluding tert-OH is 1. The van der Waals surface area contributed by atoms with Crippen LogP contribution < -0.4 is 5.32 Å². The minimum absolute atomic E-state index is 0.281. The third kappa shape index (κ3) is 5.90. The van der Waals surface area contributed by atoms with Crippen molar-refractivity contribution >= 4 is 12.0 Å². The number of amides is 2. The van der Waals surface area contributed by atoms with E-state index in [-0.39, 0.29) is 12.6 Å². The van der Waals surface area contributed by atoms with Gasteiger partial charge in [-0.15, -0.1) is 0 Å². The molecule has 0 bridgehead atoms. The largest absolute Gasteiger partial charge is 0.479 e. The number of nitrogens with zero attached hydrogens (tertiary/aromatic N) is 1. The molecule has 0 saturated heterocycles. The van der Waals surface area contributed by atoms with Crippen LogP contribution in [0.15, 0.2) is 0 Å². The zero-order chi connectivity index (χ0) is 12.0. The van der Waals surface area contributed by atoms with E-state index >= 15 is 0 Å². The Balaban J connectivity index is 3.88. The summed E-state index contributed by atoms with van der Waals surface area (Å²) in [7, 11) is 1.61. The van der Waals surface area contributed by atoms with Crippen molar-refractivity contribution in [2.75, 3.05) is 20.1 Å². The van der Waals surface area contributed by atoms with Gasteiger partial charge in [-0.1, -0.05) is 13.8 Å². The third-order valence-electron chi connectivity index (χ3n) is 1.72. The first kappa shape index (κ1) is 13.7. The maximum atomic E-state index is 11.3. The number of urea groups is 1. The minimum atomic E-state index is -1.55. The van der Waals surface area contributed by atoms with Crippen LogP contribution in [0.3, 0.4) is 0 Å². The van der Waals surface area contributed by atoms with E-state index in [0.29, 0.717) is 12.5 Å². The summed E-state index contributed by atoms with van der Waals surface area (Å²) >= 11 is 0. The van der Waals surface area contributed by atoms with Crippen molar-refractivity contribution < 1.29 is 19.8 Å². The van der Waals surface area contributed by atoms with Crippen molar-refractivity contribution in [2.24, 2.45) is 5.92 Å². The normalized spacial score (nSPS) is 12.3. The highest BCUT2D eigenvalue weighted by Gasteiger charge is 2.16. The number of carboxylic acid groups (broad SMARTS) is 1. The second kappa shape index (κ2) is 6.23. The molecular weight excluding hydrogens is 200 g/mol. The number of nitrogens with one attached hydrogen (secondary N) is 1. The molecule has 0 rings (SSSR count). The lowest BCUT2D eigenvalue weighted by molar-refractivity contribution is -0.146. The van der Waals surface area contributed by atoms with E-state index in [1.807, 2.05) is 13.8 Å². The first-order chi connectivity index (χ1) is 6.84. The molecular formula is C9H18N2O4. The Morgan fingerprint density at radius 1 is 1.40 bits per heavy atom. The molecule has 2 amide bonds. The van der Waals surface area contributed by atoms with Gasteiger partial charge in [0.2, 0.25) is 0 Å². The zero-order valence-corrected chi connectivity index (χ0v) is 9.23. The van der Waals surface area contributed by atoms with Crippen molar-refractivity contribution in [2.45, 2.75) is 20.0 Å². The predicted octanol–water partition coefficient (Wildman–Crippen LogP) is -0.271. The quantitative estimate of drug-likeness (QED) is 0.592. The number of rotatable bonds is 5. The topological polar surface area (TPSA) is 89.9 Å². The van der Waals surface area contributed by atoms with Gasteiger partial charge in [-0.05, 0) is 5.92 Å². The van der Waals surface area contributed by atoms with Gasteiger partial charge in [-0.2, -0.15) is 0 Å². The molecule has 0 aliphatic heterocycles. The van der Waals surface area contributed by atoms with Crippen LogP contribution in [0.1, 0.15) is 13.8 Å². The van der Waals surface area contributed by atoms with Crippen LogP contribution >= 0.6 is 0 Å². The average molecular weight is 218 g/mol. The van der Waals surface area contributed by atoms with E-state index in [2.05, 4.69) is 5.32 Å². The second-order valence-corrected chi connectivity index (χ2v) is 3.81. The highest BCUT2D eigenvalue weighted by atomic mass is 16.4. The summed E-state index contributed by atoms with van der Waals surface area (Å²) < 4.78 is 0. The summed E-state index contributed by atoms with van der Waals surface area (Å²) in [6.07, 6.45) is -1.55. The van der Waals surface area contributed by atoms with Crippen molar-refractivity contribution in [3.8, 4) is 0 Å². The van der Waals surface area contributed by atoms with E-state index in [1.54, 1.807) is 7.05 Å². The van der Waals surface area contributed by atoms with Crippen LogP contribution in [0, 0.1) is 5.92 Å². The van der Waals surface area contributed by atoms with Gasteiger partial charge in [0, 0.05) is 13.6 Å². The molecule has 1 unspecified atom stereocenters. The molecule has 88 valence electrons. The predicted molar refractivity (Wildman–Crippen MR) is 54.5 cm³/mol. The van der Waals surface area contributed by atoms with Gasteiger partial charge >= 0.3 is 12.0 Å². The lowest BCUT2D eigenvalue weighted by Crippen LogP contribution is -2.43. The summed E-state index contributed by atoms with van der Waals surface area (Å²) in [4.78, 5) is 23.0. The zero-order valence-electron chi connectivity index (χ0n) is 9.23. The van der Waals surface area contributed by atoms with Gasteiger partial charge in [-0.3, -0.25) is 0 Å². The average Bonchev–Trinajstić information content (AvgIpc) is 2.12. The Bertz CT molecular complexity index is 230. The number of carbonyl (C=O) groups excluding carboxylic acids is 1. The highest BCUT2D eigenvalue weighted by Crippen LogP contribution is 1.95. The molecule has 0 radical (unpaired) electrons. The van der Waals surface area contributed by atoms with E-state index in [4.69, 9.17) is 10.2 Å². The molecule has 0 aliphatic rings. The van der Waals surface area contributed by atoms with Crippen molar-refractivity contribution in [3.63, 3.8) is 0 Å². The molecule has 0 fully saturated rings. The number of carboxylic acids is 1. The fourth-order valence-corrected chi connectivity index (χ4v) is 1.04. The molecule has 0 aromatic carbocycles. The van der Waals surface area contributed by atoms with Crippen molar-refractivity contribution in [1.82, 2.24) is 10.2 Å². The Labute approximate surface area is 88.9 Å². The fraction of sp³-hybridized carbons (Fsp3) is 0.778. The second-order valence-electron chi connectivity index (χ2n) is 3.81. The van der Waals surface area contributed by atoms with E-state index < -0.39 is 12.1 Å². The van der Waals surface area contributed by atoms with Crippen LogP contribution in [0.25, 0.3) is 0 Å². The van der Waals surface area contributed by atoms with Crippen LogP contribution in [0.5, 0.6) is 0 Å². The van der Waals surface area contributed by atoms with E-state index in [0.717, 1.165) is 0 Å². The Morgan fingerprint density at radius 2 is 1.93 bits per heavy atom. The van der Waals surface area contributed by atoms with Gasteiger partial charge in [0.15, 0.2) is 6.10 Å². The highest BCUT2D eigenvalue weighted by molar-refractivity contribution is 5.76. The molecule has 0 aromatic rings. The molecule has 0 aromatic heterocycles. The molecule has 6 nitrogen and oxygen atoms in total. The molecule has 6 heteroatoms. The summed E-state index contributed by atoms with van der Waals surface area (Å²) in [6, 6.07) is -0.385. The summed E-state index contributed by atoms with van der Waals surface area (Å²) in [5.74, 6) is -1.01. The van der Waals surface area contributed by atoms with Crippen LogP contribution in [0.2, 0.25) is 0 Å². The molecule has 0 saturated carbocycles. The Morgan fingerprint density at radius 3 is 2.33 bits per heavy atom. The van der Waals surface area contributed by atoms with Gasteiger partial charge in [0.1, 0.15) is 0 Å². The fourth-order valence-electron chi connectivity index (χ4n) is 1.04. The maximum Gasteiger partial charge on any atom is 0.334 e. The van der Waals surface area contributed by atoms with Gasteiger partial charge < -0.3 is 20.4 Å². The SMILES string of the molecule is CC(C)CN(C)C(=O)NCC(O)C(=O)O. The first-order valence-corrected chi connectivity index (χ1v) is 4.74. The molecule has 0 heterocycles. The summed E-state index contributed by atoms with van der Waals surface area (Å²) in [6.45, 7) is 4.23. The number of hydrogen-bond donors (Lipinski definition) is 3. The molecule has 0 spiro atoms. The molecule has 0 aliphatic carbocycles. The molecule has 15 heavy (non-hydrogen) atoms. The van der Waals surface area contributed by atoms with Crippen LogP contribution in [0.4, 0.5) is 4.79 Å². The van der Waals surface area contributed by atoms with E-state index in [1.165, 1.54) is 4.90 Å². The third-order valence-corrected chi connectivity index (χ3v) is 1.72. The van der Waals surface area contributed by atoms with Crippen molar-refractivity contribution in [1.29, 1.82) is 0 Å². The standard InChI is InChI=1S/C9H18N2O4/c1-6(2)5-11(3)9(15)10-4-7(12)8(13)14/h6-7,12H,4-5H2,1-3H3,(H,10,15)(H,13,14). The lowest BCUT2D eigenvalue weighted by atomic mass is 10.2. The lowest BCUT2D eigenvalue weighted by Gasteiger charge is -2.20. The van der Waals surface area contributed by atoms with Gasteiger partial charge in [0.25, 0.3) is 0 Å². The summed E-state index contributed by atoms with van der Waals surface area (Å²) in [5.41, 5.74) is 0. The van der Waals surface area contributed by atoms with Crippen LogP contribution in [-0.4, -0.2) is 53.4 Å². The number of aliphatic hydroxyl groups is 1. The number of aliphatic carboxylic acids is 1. The summed E-state index contributed by atoms with van der Waals surface area (Å²) in [5, 5.41) is 19.6. The van der Waals surface area contributed by atoms with E-state index in [9.17, 15) is 9.59 Å². The van der Waals surface area contributed by atoms with Gasteiger partial charge in [0.05, 0.1) is 6.54 Å². The van der Waals surface area contributed by atoms with Crippen molar-refractivity contribution in [3.05, 3.63) is 0 Å². The first-order valence-electron chi connectivity index (χ1n) is 4.74. The van der Waals surface area contributed by atoms with Gasteiger partial charge in [-0.25, -0.2) is 9.59 Å². The Kier molecular flexibility index (Phi) is 5.69. The molecule has 1 atom stereocenters. The smallest absolute Gasteiger partial charge is 0.334 e. The number of carbonyl (C=O) groups is 2. The maximum absolute atomic E-state index is 11.3. The Hall–Kier alpha value is -1.30. The number of hydrogen-bond acceptors (Lipinski definition) is 3. The molecule has 3 N–H and O–H groups in total. The van der Waals surface area contributed by atoms with Crippen LogP contribution in [-0.2, 0) is 4.79 Å².